The van der Waals surface area contributed by atoms with Crippen LogP contribution in [0.1, 0.15) is 33.1 Å². The van der Waals surface area contributed by atoms with E-state index in [0.717, 1.165) is 0 Å². The molecule has 0 fully saturated rings. The zero-order chi connectivity index (χ0) is 12.5. The molecule has 0 radical (unpaired) electrons. The van der Waals surface area contributed by atoms with E-state index in [0.29, 0.717) is 0 Å². The molecule has 0 rings (SSSR count). The van der Waals surface area contributed by atoms with Crippen LogP contribution in [0.2, 0.25) is 0 Å². The molecule has 0 unspecified atom stereocenters. The maximum absolute atomic E-state index is 11.0. The van der Waals surface area contributed by atoms with Gasteiger partial charge in [0, 0.05) is 12.2 Å². The summed E-state index contributed by atoms with van der Waals surface area (Å²) in [5.74, 6) is 0. The van der Waals surface area contributed by atoms with Crippen molar-refractivity contribution in [2.24, 2.45) is 0 Å². The molecule has 6 heteroatoms. The van der Waals surface area contributed by atoms with E-state index < -0.39 is 24.5 Å². The van der Waals surface area contributed by atoms with Gasteiger partial charge in [-0.1, -0.05) is 33.1 Å². The molecule has 15 heavy (non-hydrogen) atoms. The molecule has 0 amide bonds. The molecule has 92 valence electrons. The van der Waals surface area contributed by atoms with Crippen LogP contribution < -0.4 is 0 Å². The lowest BCUT2D eigenvalue weighted by molar-refractivity contribution is -0.0981. The Bertz CT molecular complexity index is 146. The molecular formula is C9H14F6. The minimum Gasteiger partial charge on any atom is -0.167 e. The summed E-state index contributed by atoms with van der Waals surface area (Å²) in [6, 6.07) is 0. The largest absolute Gasteiger partial charge is 0.409 e. The van der Waals surface area contributed by atoms with Gasteiger partial charge in [0.2, 0.25) is 0 Å². The van der Waals surface area contributed by atoms with E-state index in [2.05, 4.69) is 13.8 Å². The zero-order valence-corrected chi connectivity index (χ0v) is 8.54. The van der Waals surface area contributed by atoms with Crippen molar-refractivity contribution >= 4 is 0 Å². The van der Waals surface area contributed by atoms with Gasteiger partial charge in [-0.05, 0) is 0 Å². The Morgan fingerprint density at radius 3 is 1.07 bits per heavy atom. The fourth-order valence-corrected chi connectivity index (χ4v) is 0.543. The van der Waals surface area contributed by atoms with E-state index in [1.54, 1.807) is 0 Å². The van der Waals surface area contributed by atoms with Crippen LogP contribution in [0.4, 0.5) is 26.3 Å². The summed E-state index contributed by atoms with van der Waals surface area (Å²) in [4.78, 5) is 0. The van der Waals surface area contributed by atoms with Gasteiger partial charge in [0.1, 0.15) is 0 Å². The second-order valence-electron chi connectivity index (χ2n) is 2.77. The number of hydrogen-bond acceptors (Lipinski definition) is 0. The van der Waals surface area contributed by atoms with Crippen molar-refractivity contribution in [1.82, 2.24) is 0 Å². The summed E-state index contributed by atoms with van der Waals surface area (Å²) in [6.07, 6.45) is -7.42. The van der Waals surface area contributed by atoms with Crippen LogP contribution in [-0.2, 0) is 0 Å². The van der Waals surface area contributed by atoms with Crippen LogP contribution in [0.15, 0.2) is 12.2 Å². The third-order valence-electron chi connectivity index (χ3n) is 1.17. The molecular weight excluding hydrogens is 222 g/mol. The molecule has 0 bridgehead atoms. The fraction of sp³-hybridized carbons (Fsp3) is 0.778. The quantitative estimate of drug-likeness (QED) is 0.474. The van der Waals surface area contributed by atoms with Gasteiger partial charge in [-0.3, -0.25) is 0 Å². The topological polar surface area (TPSA) is 0 Å². The van der Waals surface area contributed by atoms with Gasteiger partial charge in [-0.2, -0.15) is 26.3 Å². The van der Waals surface area contributed by atoms with E-state index in [1.807, 2.05) is 0 Å². The molecule has 0 spiro atoms. The predicted molar refractivity (Wildman–Crippen MR) is 46.4 cm³/mol. The molecule has 0 aromatic heterocycles. The average Bonchev–Trinajstić information content (AvgIpc) is 2.01. The van der Waals surface area contributed by atoms with Gasteiger partial charge in [-0.25, -0.2) is 0 Å². The first kappa shape index (κ1) is 16.7. The molecule has 0 N–H and O–H groups in total. The Balaban J connectivity index is 0. The smallest absolute Gasteiger partial charge is 0.167 e. The van der Waals surface area contributed by atoms with E-state index in [1.165, 1.54) is 19.3 Å². The highest BCUT2D eigenvalue weighted by molar-refractivity contribution is 4.93. The van der Waals surface area contributed by atoms with Gasteiger partial charge in [0.15, 0.2) is 0 Å². The fourth-order valence-electron chi connectivity index (χ4n) is 0.543. The summed E-state index contributed by atoms with van der Waals surface area (Å²) in [5.41, 5.74) is 0. The second-order valence-corrected chi connectivity index (χ2v) is 2.77. The normalized spacial score (nSPS) is 12.5. The van der Waals surface area contributed by atoms with Crippen molar-refractivity contribution in [3.8, 4) is 0 Å². The third kappa shape index (κ3) is 24.7. The van der Waals surface area contributed by atoms with Gasteiger partial charge in [-0.15, -0.1) is 0 Å². The number of allylic oxidation sites excluding steroid dienone is 2. The van der Waals surface area contributed by atoms with Crippen LogP contribution in [0.3, 0.4) is 0 Å². The Labute approximate surface area is 85.0 Å². The van der Waals surface area contributed by atoms with Crippen LogP contribution in [0, 0.1) is 0 Å². The van der Waals surface area contributed by atoms with E-state index >= 15 is 0 Å². The maximum atomic E-state index is 11.0. The number of halogens is 6. The highest BCUT2D eigenvalue weighted by atomic mass is 19.4. The Morgan fingerprint density at radius 2 is 1.00 bits per heavy atom. The second kappa shape index (κ2) is 7.59. The summed E-state index contributed by atoms with van der Waals surface area (Å²) < 4.78 is 66.0. The lowest BCUT2D eigenvalue weighted by Gasteiger charge is -1.99. The van der Waals surface area contributed by atoms with Crippen molar-refractivity contribution < 1.29 is 26.3 Å². The zero-order valence-electron chi connectivity index (χ0n) is 8.54. The Kier molecular flexibility index (Phi) is 8.47. The first-order valence-corrected chi connectivity index (χ1v) is 4.46. The number of rotatable bonds is 2. The van der Waals surface area contributed by atoms with E-state index in [-0.39, 0.29) is 0 Å². The lowest BCUT2D eigenvalue weighted by Crippen LogP contribution is -2.07. The highest BCUT2D eigenvalue weighted by Crippen LogP contribution is 2.22. The maximum Gasteiger partial charge on any atom is 0.409 e. The molecule has 0 nitrogen and oxygen atoms in total. The molecule has 0 saturated heterocycles. The summed E-state index contributed by atoms with van der Waals surface area (Å²) in [7, 11) is 0. The number of hydrogen-bond donors (Lipinski definition) is 0. The molecule has 0 aromatic carbocycles. The molecule has 0 aliphatic carbocycles. The average molecular weight is 236 g/mol. The molecule has 0 heterocycles. The van der Waals surface area contributed by atoms with Crippen LogP contribution in [0.5, 0.6) is 0 Å². The number of unbranched alkanes of at least 4 members (excludes halogenated alkanes) is 2. The first-order chi connectivity index (χ1) is 6.62. The highest BCUT2D eigenvalue weighted by Gasteiger charge is 2.29. The Morgan fingerprint density at radius 1 is 0.733 bits per heavy atom. The molecule has 0 saturated carbocycles. The summed E-state index contributed by atoms with van der Waals surface area (Å²) in [6.45, 7) is 4.42. The third-order valence-corrected chi connectivity index (χ3v) is 1.17. The molecule has 0 aliphatic heterocycles. The van der Waals surface area contributed by atoms with Crippen LogP contribution in [0.25, 0.3) is 0 Å². The minimum absolute atomic E-state index is 0.854. The van der Waals surface area contributed by atoms with Gasteiger partial charge in [0.25, 0.3) is 0 Å². The van der Waals surface area contributed by atoms with Crippen molar-refractivity contribution in [3.05, 3.63) is 12.2 Å². The standard InChI is InChI=1S/C5H12.C4H2F6/c1-3-5-4-2;5-3(6,7)1-2-4(8,9)10/h3-5H2,1-2H3;1-2H/b;2-1-. The summed E-state index contributed by atoms with van der Waals surface area (Å²) >= 11 is 0. The minimum atomic E-state index is -4.89. The predicted octanol–water partition coefficient (Wildman–Crippen LogP) is 4.86. The van der Waals surface area contributed by atoms with Gasteiger partial charge < -0.3 is 0 Å². The van der Waals surface area contributed by atoms with Gasteiger partial charge >= 0.3 is 12.4 Å². The van der Waals surface area contributed by atoms with Crippen molar-refractivity contribution in [1.29, 1.82) is 0 Å². The van der Waals surface area contributed by atoms with Crippen molar-refractivity contribution in [2.45, 2.75) is 45.5 Å². The molecule has 0 aromatic rings. The monoisotopic (exact) mass is 236 g/mol. The lowest BCUT2D eigenvalue weighted by atomic mass is 10.3. The van der Waals surface area contributed by atoms with Crippen molar-refractivity contribution in [3.63, 3.8) is 0 Å². The van der Waals surface area contributed by atoms with Crippen LogP contribution >= 0.6 is 0 Å². The first-order valence-electron chi connectivity index (χ1n) is 4.46. The Hall–Kier alpha value is -0.680. The molecule has 0 aliphatic rings. The SMILES string of the molecule is CCCCC.FC(F)(F)/C=C\C(F)(F)F. The van der Waals surface area contributed by atoms with E-state index in [9.17, 15) is 26.3 Å². The number of alkyl halides is 6. The van der Waals surface area contributed by atoms with Crippen LogP contribution in [-0.4, -0.2) is 12.4 Å². The van der Waals surface area contributed by atoms with E-state index in [4.69, 9.17) is 0 Å². The molecule has 0 atom stereocenters. The van der Waals surface area contributed by atoms with Crippen molar-refractivity contribution in [2.75, 3.05) is 0 Å². The summed E-state index contributed by atoms with van der Waals surface area (Å²) in [5, 5.41) is 0. The van der Waals surface area contributed by atoms with Gasteiger partial charge in [0.05, 0.1) is 0 Å².